The van der Waals surface area contributed by atoms with Crippen LogP contribution in [0.2, 0.25) is 0 Å². The lowest BCUT2D eigenvalue weighted by atomic mass is 9.98. The molecule has 0 aromatic heterocycles. The standard InChI is InChI=1S/C25H26N2O6/c28-22(29)13-27(15-9-10-15)24(30)23-21(11-12-32-23)26-25(31)33-14-20-18-7-3-1-5-16(18)17-6-2-4-8-19(17)20/h1-8,15,20-21,23H,9-14H2,(H,26,31)(H,28,29). The minimum Gasteiger partial charge on any atom is -0.480 e. The van der Waals surface area contributed by atoms with Crippen LogP contribution in [0.3, 0.4) is 0 Å². The van der Waals surface area contributed by atoms with Crippen LogP contribution in [0, 0.1) is 0 Å². The number of rotatable bonds is 7. The number of fused-ring (bicyclic) bond motifs is 3. The molecule has 2 atom stereocenters. The summed E-state index contributed by atoms with van der Waals surface area (Å²) in [5, 5.41) is 11.9. The van der Waals surface area contributed by atoms with Gasteiger partial charge in [0.05, 0.1) is 6.04 Å². The molecule has 2 amide bonds. The molecular weight excluding hydrogens is 424 g/mol. The third-order valence-electron chi connectivity index (χ3n) is 6.56. The van der Waals surface area contributed by atoms with E-state index in [4.69, 9.17) is 14.6 Å². The maximum Gasteiger partial charge on any atom is 0.407 e. The van der Waals surface area contributed by atoms with Crippen molar-refractivity contribution in [3.63, 3.8) is 0 Å². The molecule has 1 aliphatic heterocycles. The fraction of sp³-hybridized carbons (Fsp3) is 0.400. The van der Waals surface area contributed by atoms with Crippen molar-refractivity contribution in [1.29, 1.82) is 0 Å². The Morgan fingerprint density at radius 2 is 1.64 bits per heavy atom. The van der Waals surface area contributed by atoms with Gasteiger partial charge in [-0.3, -0.25) is 9.59 Å². The lowest BCUT2D eigenvalue weighted by molar-refractivity contribution is -0.150. The van der Waals surface area contributed by atoms with Crippen LogP contribution in [0.25, 0.3) is 11.1 Å². The van der Waals surface area contributed by atoms with Gasteiger partial charge in [0.2, 0.25) is 0 Å². The van der Waals surface area contributed by atoms with Crippen LogP contribution in [0.15, 0.2) is 48.5 Å². The molecule has 1 heterocycles. The highest BCUT2D eigenvalue weighted by Gasteiger charge is 2.43. The first-order valence-corrected chi connectivity index (χ1v) is 11.3. The Balaban J connectivity index is 1.22. The van der Waals surface area contributed by atoms with Gasteiger partial charge in [-0.15, -0.1) is 0 Å². The number of benzene rings is 2. The Morgan fingerprint density at radius 1 is 1.00 bits per heavy atom. The van der Waals surface area contributed by atoms with Gasteiger partial charge >= 0.3 is 12.1 Å². The number of nitrogens with one attached hydrogen (secondary N) is 1. The molecule has 0 bridgehead atoms. The molecule has 2 aliphatic carbocycles. The topological polar surface area (TPSA) is 105 Å². The molecule has 2 aromatic carbocycles. The van der Waals surface area contributed by atoms with Crippen LogP contribution >= 0.6 is 0 Å². The van der Waals surface area contributed by atoms with Crippen molar-refractivity contribution in [2.75, 3.05) is 19.8 Å². The summed E-state index contributed by atoms with van der Waals surface area (Å²) in [6.07, 6.45) is 0.533. The van der Waals surface area contributed by atoms with E-state index in [2.05, 4.69) is 29.6 Å². The van der Waals surface area contributed by atoms with Gasteiger partial charge in [0.1, 0.15) is 13.2 Å². The molecule has 33 heavy (non-hydrogen) atoms. The summed E-state index contributed by atoms with van der Waals surface area (Å²) in [6.45, 7) is 0.136. The number of carbonyl (C=O) groups excluding carboxylic acids is 2. The first kappa shape index (κ1) is 21.5. The van der Waals surface area contributed by atoms with Gasteiger partial charge in [-0.25, -0.2) is 4.79 Å². The molecule has 3 aliphatic rings. The fourth-order valence-corrected chi connectivity index (χ4v) is 4.85. The minimum atomic E-state index is -1.06. The maximum atomic E-state index is 12.9. The summed E-state index contributed by atoms with van der Waals surface area (Å²) >= 11 is 0. The Bertz CT molecular complexity index is 1040. The molecule has 5 rings (SSSR count). The van der Waals surface area contributed by atoms with Crippen molar-refractivity contribution in [3.05, 3.63) is 59.7 Å². The number of alkyl carbamates (subject to hydrolysis) is 1. The Hall–Kier alpha value is -3.39. The highest BCUT2D eigenvalue weighted by atomic mass is 16.6. The molecule has 2 fully saturated rings. The summed E-state index contributed by atoms with van der Waals surface area (Å²) in [4.78, 5) is 38.1. The van der Waals surface area contributed by atoms with Crippen molar-refractivity contribution in [1.82, 2.24) is 10.2 Å². The summed E-state index contributed by atoms with van der Waals surface area (Å²) in [5.41, 5.74) is 4.54. The third-order valence-corrected chi connectivity index (χ3v) is 6.56. The summed E-state index contributed by atoms with van der Waals surface area (Å²) in [6, 6.07) is 15.6. The average molecular weight is 450 g/mol. The first-order valence-electron chi connectivity index (χ1n) is 11.3. The van der Waals surface area contributed by atoms with Gasteiger partial charge in [-0.2, -0.15) is 0 Å². The van der Waals surface area contributed by atoms with E-state index < -0.39 is 24.2 Å². The van der Waals surface area contributed by atoms with Crippen LogP contribution in [-0.4, -0.2) is 65.9 Å². The lowest BCUT2D eigenvalue weighted by Crippen LogP contribution is -2.51. The van der Waals surface area contributed by atoms with E-state index in [9.17, 15) is 14.4 Å². The van der Waals surface area contributed by atoms with Crippen molar-refractivity contribution in [2.45, 2.75) is 43.4 Å². The molecule has 1 saturated carbocycles. The second kappa shape index (κ2) is 8.86. The second-order valence-electron chi connectivity index (χ2n) is 8.75. The van der Waals surface area contributed by atoms with Gasteiger partial charge in [0.15, 0.2) is 6.10 Å². The van der Waals surface area contributed by atoms with Crippen molar-refractivity contribution in [2.24, 2.45) is 0 Å². The second-order valence-corrected chi connectivity index (χ2v) is 8.75. The van der Waals surface area contributed by atoms with E-state index >= 15 is 0 Å². The van der Waals surface area contributed by atoms with E-state index in [1.54, 1.807) is 0 Å². The van der Waals surface area contributed by atoms with Gasteiger partial charge in [-0.05, 0) is 41.5 Å². The molecular formula is C25H26N2O6. The molecule has 8 nitrogen and oxygen atoms in total. The fourth-order valence-electron chi connectivity index (χ4n) is 4.85. The third kappa shape index (κ3) is 4.30. The van der Waals surface area contributed by atoms with Crippen LogP contribution in [-0.2, 0) is 19.1 Å². The van der Waals surface area contributed by atoms with Gasteiger partial charge in [0, 0.05) is 18.6 Å². The highest BCUT2D eigenvalue weighted by Crippen LogP contribution is 2.44. The Morgan fingerprint density at radius 3 is 2.24 bits per heavy atom. The van der Waals surface area contributed by atoms with Crippen LogP contribution < -0.4 is 5.32 Å². The lowest BCUT2D eigenvalue weighted by Gasteiger charge is -2.26. The molecule has 2 N–H and O–H groups in total. The van der Waals surface area contributed by atoms with E-state index in [-0.39, 0.29) is 31.0 Å². The Kier molecular flexibility index (Phi) is 5.76. The summed E-state index contributed by atoms with van der Waals surface area (Å²) in [7, 11) is 0. The maximum absolute atomic E-state index is 12.9. The van der Waals surface area contributed by atoms with Gasteiger partial charge in [0.25, 0.3) is 5.91 Å². The van der Waals surface area contributed by atoms with E-state index in [0.717, 1.165) is 35.1 Å². The van der Waals surface area contributed by atoms with Crippen LogP contribution in [0.1, 0.15) is 36.3 Å². The van der Waals surface area contributed by atoms with Crippen molar-refractivity contribution < 1.29 is 29.0 Å². The zero-order chi connectivity index (χ0) is 22.9. The highest BCUT2D eigenvalue weighted by molar-refractivity contribution is 5.86. The monoisotopic (exact) mass is 450 g/mol. The normalized spacial score (nSPS) is 21.2. The number of hydrogen-bond acceptors (Lipinski definition) is 5. The quantitative estimate of drug-likeness (QED) is 0.672. The van der Waals surface area contributed by atoms with Crippen molar-refractivity contribution >= 4 is 18.0 Å². The van der Waals surface area contributed by atoms with Crippen LogP contribution in [0.4, 0.5) is 4.79 Å². The van der Waals surface area contributed by atoms with Crippen molar-refractivity contribution in [3.8, 4) is 11.1 Å². The van der Waals surface area contributed by atoms with Gasteiger partial charge in [-0.1, -0.05) is 48.5 Å². The first-order chi connectivity index (χ1) is 16.0. The number of hydrogen-bond donors (Lipinski definition) is 2. The zero-order valence-corrected chi connectivity index (χ0v) is 18.1. The minimum absolute atomic E-state index is 0.0543. The number of amides is 2. The smallest absolute Gasteiger partial charge is 0.407 e. The number of aliphatic carboxylic acids is 1. The molecule has 2 aromatic rings. The number of carboxylic acids is 1. The largest absolute Gasteiger partial charge is 0.480 e. The molecule has 0 spiro atoms. The number of carbonyl (C=O) groups is 3. The predicted octanol–water partition coefficient (Wildman–Crippen LogP) is 2.76. The number of nitrogens with zero attached hydrogens (tertiary/aromatic N) is 1. The number of ether oxygens (including phenoxy) is 2. The molecule has 8 heteroatoms. The van der Waals surface area contributed by atoms with Gasteiger partial charge < -0.3 is 24.8 Å². The summed E-state index contributed by atoms with van der Waals surface area (Å²) < 4.78 is 11.2. The van der Waals surface area contributed by atoms with E-state index in [1.807, 2.05) is 24.3 Å². The molecule has 172 valence electrons. The SMILES string of the molecule is O=C(O)CN(C(=O)C1OCCC1NC(=O)OCC1c2ccccc2-c2ccccc21)C1CC1. The van der Waals surface area contributed by atoms with Crippen LogP contribution in [0.5, 0.6) is 0 Å². The molecule has 2 unspecified atom stereocenters. The predicted molar refractivity (Wildman–Crippen MR) is 119 cm³/mol. The molecule has 0 radical (unpaired) electrons. The zero-order valence-electron chi connectivity index (χ0n) is 18.1. The summed E-state index contributed by atoms with van der Waals surface area (Å²) in [5.74, 6) is -1.50. The average Bonchev–Trinajstić information content (AvgIpc) is 3.47. The van der Waals surface area contributed by atoms with E-state index in [1.165, 1.54) is 4.90 Å². The number of carboxylic acid groups (broad SMARTS) is 1. The van der Waals surface area contributed by atoms with E-state index in [0.29, 0.717) is 13.0 Å². The Labute approximate surface area is 191 Å². The molecule has 1 saturated heterocycles.